The Morgan fingerprint density at radius 1 is 1.06 bits per heavy atom. The lowest BCUT2D eigenvalue weighted by Crippen LogP contribution is -2.18. The smallest absolute Gasteiger partial charge is 0.271 e. The van der Waals surface area contributed by atoms with Gasteiger partial charge >= 0.3 is 0 Å². The second kappa shape index (κ2) is 8.78. The van der Waals surface area contributed by atoms with Crippen molar-refractivity contribution in [1.82, 2.24) is 9.99 Å². The lowest BCUT2D eigenvalue weighted by Gasteiger charge is -2.18. The van der Waals surface area contributed by atoms with Crippen LogP contribution in [0.4, 0.5) is 5.69 Å². The molecule has 7 nitrogen and oxygen atoms in total. The van der Waals surface area contributed by atoms with E-state index in [9.17, 15) is 14.9 Å². The van der Waals surface area contributed by atoms with Crippen LogP contribution in [0.3, 0.4) is 0 Å². The molecule has 7 heteroatoms. The van der Waals surface area contributed by atoms with E-state index in [4.69, 9.17) is 0 Å². The number of rotatable bonds is 5. The summed E-state index contributed by atoms with van der Waals surface area (Å²) in [6, 6.07) is 14.2. The Labute approximate surface area is 187 Å². The third-order valence-corrected chi connectivity index (χ3v) is 5.50. The maximum atomic E-state index is 12.4. The number of benzene rings is 2. The molecule has 1 amide bonds. The van der Waals surface area contributed by atoms with E-state index >= 15 is 0 Å². The molecule has 1 aromatic heterocycles. The van der Waals surface area contributed by atoms with Crippen LogP contribution in [0.2, 0.25) is 0 Å². The van der Waals surface area contributed by atoms with Crippen molar-refractivity contribution in [2.45, 2.75) is 47.0 Å². The molecule has 2 aromatic carbocycles. The van der Waals surface area contributed by atoms with Crippen LogP contribution in [0, 0.1) is 30.9 Å². The fourth-order valence-corrected chi connectivity index (χ4v) is 3.59. The molecule has 3 aromatic rings. The zero-order chi connectivity index (χ0) is 23.6. The molecule has 1 heterocycles. The summed E-state index contributed by atoms with van der Waals surface area (Å²) in [4.78, 5) is 23.2. The first-order valence-electron chi connectivity index (χ1n) is 10.4. The quantitative estimate of drug-likeness (QED) is 0.334. The molecule has 0 aliphatic rings. The molecule has 0 bridgehead atoms. The number of hydrogen-bond acceptors (Lipinski definition) is 4. The van der Waals surface area contributed by atoms with Crippen LogP contribution in [-0.2, 0) is 5.41 Å². The highest BCUT2D eigenvalue weighted by molar-refractivity contribution is 5.95. The van der Waals surface area contributed by atoms with E-state index in [2.05, 4.69) is 31.3 Å². The maximum absolute atomic E-state index is 12.4. The van der Waals surface area contributed by atoms with Crippen LogP contribution in [-0.4, -0.2) is 21.6 Å². The van der Waals surface area contributed by atoms with Gasteiger partial charge in [0.15, 0.2) is 0 Å². The predicted molar refractivity (Wildman–Crippen MR) is 127 cm³/mol. The van der Waals surface area contributed by atoms with Crippen LogP contribution in [0.15, 0.2) is 53.6 Å². The largest absolute Gasteiger partial charge is 0.317 e. The van der Waals surface area contributed by atoms with Gasteiger partial charge in [-0.15, -0.1) is 0 Å². The molecule has 0 saturated heterocycles. The Hall–Kier alpha value is -3.74. The maximum Gasteiger partial charge on any atom is 0.271 e. The van der Waals surface area contributed by atoms with E-state index in [1.165, 1.54) is 6.07 Å². The van der Waals surface area contributed by atoms with E-state index in [-0.39, 0.29) is 17.0 Å². The van der Waals surface area contributed by atoms with Crippen molar-refractivity contribution in [2.75, 3.05) is 0 Å². The standard InChI is InChI=1S/C25H28N4O3/c1-16-7-12-22(29(31)32)14-23(16)28-17(2)13-20(18(28)3)15-26-27-24(30)19-8-10-21(11-9-19)25(4,5)6/h7-15H,1-6H3,(H,27,30)/b26-15-. The number of hydrogen-bond donors (Lipinski definition) is 1. The number of nitrogens with one attached hydrogen (secondary N) is 1. The molecule has 32 heavy (non-hydrogen) atoms. The topological polar surface area (TPSA) is 89.5 Å². The third kappa shape index (κ3) is 4.77. The summed E-state index contributed by atoms with van der Waals surface area (Å²) in [5.41, 5.74) is 8.59. The second-order valence-electron chi connectivity index (χ2n) is 8.92. The highest BCUT2D eigenvalue weighted by atomic mass is 16.6. The van der Waals surface area contributed by atoms with E-state index < -0.39 is 4.92 Å². The number of hydrazone groups is 1. The zero-order valence-electron chi connectivity index (χ0n) is 19.3. The number of aryl methyl sites for hydroxylation is 2. The van der Waals surface area contributed by atoms with Gasteiger partial charge in [0.2, 0.25) is 0 Å². The summed E-state index contributed by atoms with van der Waals surface area (Å²) in [6.07, 6.45) is 1.59. The monoisotopic (exact) mass is 432 g/mol. The van der Waals surface area contributed by atoms with Crippen LogP contribution in [0.25, 0.3) is 5.69 Å². The van der Waals surface area contributed by atoms with Gasteiger partial charge in [0.1, 0.15) is 0 Å². The fraction of sp³-hybridized carbons (Fsp3) is 0.280. The highest BCUT2D eigenvalue weighted by Gasteiger charge is 2.16. The van der Waals surface area contributed by atoms with Crippen molar-refractivity contribution >= 4 is 17.8 Å². The Balaban J connectivity index is 1.80. The number of nitro groups is 1. The Morgan fingerprint density at radius 3 is 2.31 bits per heavy atom. The molecule has 0 fully saturated rings. The summed E-state index contributed by atoms with van der Waals surface area (Å²) in [5, 5.41) is 15.3. The average Bonchev–Trinajstić information content (AvgIpc) is 3.01. The molecule has 166 valence electrons. The van der Waals surface area contributed by atoms with Crippen LogP contribution >= 0.6 is 0 Å². The van der Waals surface area contributed by atoms with Gasteiger partial charge in [-0.2, -0.15) is 5.10 Å². The van der Waals surface area contributed by atoms with Crippen LogP contribution < -0.4 is 5.43 Å². The van der Waals surface area contributed by atoms with E-state index in [1.54, 1.807) is 30.5 Å². The van der Waals surface area contributed by atoms with Gasteiger partial charge in [0, 0.05) is 34.6 Å². The van der Waals surface area contributed by atoms with E-state index in [0.29, 0.717) is 5.56 Å². The van der Waals surface area contributed by atoms with Crippen molar-refractivity contribution in [3.63, 3.8) is 0 Å². The number of carbonyl (C=O) groups excluding carboxylic acids is 1. The van der Waals surface area contributed by atoms with Gasteiger partial charge in [0.25, 0.3) is 11.6 Å². The zero-order valence-corrected chi connectivity index (χ0v) is 19.3. The van der Waals surface area contributed by atoms with Gasteiger partial charge in [-0.1, -0.05) is 39.0 Å². The lowest BCUT2D eigenvalue weighted by atomic mass is 9.87. The minimum absolute atomic E-state index is 0.0211. The van der Waals surface area contributed by atoms with Crippen LogP contribution in [0.5, 0.6) is 0 Å². The van der Waals surface area contributed by atoms with Gasteiger partial charge in [-0.05, 0) is 55.5 Å². The summed E-state index contributed by atoms with van der Waals surface area (Å²) in [7, 11) is 0. The first-order chi connectivity index (χ1) is 15.0. The summed E-state index contributed by atoms with van der Waals surface area (Å²) in [6.45, 7) is 12.1. The first kappa shape index (κ1) is 22.9. The SMILES string of the molecule is Cc1ccc([N+](=O)[O-])cc1-n1c(C)cc(/C=N\NC(=O)c2ccc(C(C)(C)C)cc2)c1C. The lowest BCUT2D eigenvalue weighted by molar-refractivity contribution is -0.384. The molecule has 0 unspecified atom stereocenters. The number of non-ortho nitro benzene ring substituents is 1. The molecule has 0 atom stereocenters. The molecular weight excluding hydrogens is 404 g/mol. The number of nitro benzene ring substituents is 1. The van der Waals surface area contributed by atoms with Crippen molar-refractivity contribution < 1.29 is 9.72 Å². The Morgan fingerprint density at radius 2 is 1.72 bits per heavy atom. The van der Waals surface area contributed by atoms with Crippen molar-refractivity contribution in [3.8, 4) is 5.69 Å². The summed E-state index contributed by atoms with van der Waals surface area (Å²) in [5.74, 6) is -0.287. The van der Waals surface area contributed by atoms with E-state index in [0.717, 1.165) is 33.8 Å². The van der Waals surface area contributed by atoms with Crippen molar-refractivity contribution in [3.05, 3.63) is 92.3 Å². The normalized spacial score (nSPS) is 11.7. The Kier molecular flexibility index (Phi) is 6.30. The molecule has 0 aliphatic heterocycles. The molecule has 0 radical (unpaired) electrons. The van der Waals surface area contributed by atoms with Crippen LogP contribution in [0.1, 0.15) is 59.2 Å². The number of aromatic nitrogens is 1. The van der Waals surface area contributed by atoms with Gasteiger partial charge in [0.05, 0.1) is 16.8 Å². The molecule has 0 spiro atoms. The second-order valence-corrected chi connectivity index (χ2v) is 8.92. The molecule has 0 aliphatic carbocycles. The predicted octanol–water partition coefficient (Wildman–Crippen LogP) is 5.37. The minimum Gasteiger partial charge on any atom is -0.317 e. The van der Waals surface area contributed by atoms with Gasteiger partial charge < -0.3 is 4.57 Å². The van der Waals surface area contributed by atoms with Gasteiger partial charge in [-0.25, -0.2) is 5.43 Å². The first-order valence-corrected chi connectivity index (χ1v) is 10.4. The third-order valence-electron chi connectivity index (χ3n) is 5.50. The average molecular weight is 433 g/mol. The van der Waals surface area contributed by atoms with E-state index in [1.807, 2.05) is 43.5 Å². The minimum atomic E-state index is -0.400. The number of carbonyl (C=O) groups is 1. The molecular formula is C25H28N4O3. The molecule has 0 saturated carbocycles. The fourth-order valence-electron chi connectivity index (χ4n) is 3.59. The van der Waals surface area contributed by atoms with Crippen molar-refractivity contribution in [2.24, 2.45) is 5.10 Å². The number of nitrogens with zero attached hydrogens (tertiary/aromatic N) is 3. The molecule has 1 N–H and O–H groups in total. The highest BCUT2D eigenvalue weighted by Crippen LogP contribution is 2.26. The number of amides is 1. The van der Waals surface area contributed by atoms with Crippen molar-refractivity contribution in [1.29, 1.82) is 0 Å². The Bertz CT molecular complexity index is 1200. The molecule has 3 rings (SSSR count). The summed E-state index contributed by atoms with van der Waals surface area (Å²) < 4.78 is 1.96. The van der Waals surface area contributed by atoms with Gasteiger partial charge in [-0.3, -0.25) is 14.9 Å². The summed E-state index contributed by atoms with van der Waals surface area (Å²) >= 11 is 0.